The number of ether oxygens (including phenoxy) is 1. The number of hydrogen-bond acceptors (Lipinski definition) is 3. The number of hydrogen-bond donors (Lipinski definition) is 2. The first-order valence-corrected chi connectivity index (χ1v) is 7.45. The number of benzene rings is 2. The largest absolute Gasteiger partial charge is 0.492 e. The molecule has 2 rings (SSSR count). The maximum atomic E-state index is 12.2. The Labute approximate surface area is 135 Å². The van der Waals surface area contributed by atoms with Gasteiger partial charge in [-0.15, -0.1) is 0 Å². The fourth-order valence-electron chi connectivity index (χ4n) is 1.88. The average Bonchev–Trinajstić information content (AvgIpc) is 2.58. The monoisotopic (exact) mass is 312 g/mol. The Morgan fingerprint density at radius 1 is 0.913 bits per heavy atom. The number of para-hydroxylation sites is 1. The molecule has 2 N–H and O–H groups in total. The van der Waals surface area contributed by atoms with Gasteiger partial charge in [-0.05, 0) is 30.2 Å². The number of carbonyl (C=O) groups excluding carboxylic acids is 2. The van der Waals surface area contributed by atoms with E-state index in [0.29, 0.717) is 29.4 Å². The van der Waals surface area contributed by atoms with E-state index in [4.69, 9.17) is 4.74 Å². The van der Waals surface area contributed by atoms with Crippen molar-refractivity contribution in [2.75, 3.05) is 6.61 Å². The lowest BCUT2D eigenvalue weighted by Gasteiger charge is -2.13. The summed E-state index contributed by atoms with van der Waals surface area (Å²) < 4.78 is 5.64. The highest BCUT2D eigenvalue weighted by Crippen LogP contribution is 2.18. The molecule has 0 spiro atoms. The van der Waals surface area contributed by atoms with E-state index in [-0.39, 0.29) is 5.91 Å². The Hall–Kier alpha value is -2.82. The Balaban J connectivity index is 1.99. The van der Waals surface area contributed by atoms with Gasteiger partial charge in [-0.25, -0.2) is 0 Å². The van der Waals surface area contributed by atoms with Crippen molar-refractivity contribution in [2.24, 2.45) is 5.92 Å². The molecule has 0 bridgehead atoms. The molecule has 2 aromatic carbocycles. The van der Waals surface area contributed by atoms with E-state index in [2.05, 4.69) is 10.9 Å². The lowest BCUT2D eigenvalue weighted by molar-refractivity contribution is 0.0844. The molecule has 0 radical (unpaired) electrons. The molecule has 0 aromatic heterocycles. The van der Waals surface area contributed by atoms with Gasteiger partial charge in [0.1, 0.15) is 5.75 Å². The Kier molecular flexibility index (Phi) is 5.74. The van der Waals surface area contributed by atoms with Crippen LogP contribution in [0.1, 0.15) is 34.6 Å². The quantitative estimate of drug-likeness (QED) is 0.834. The van der Waals surface area contributed by atoms with Crippen molar-refractivity contribution in [1.82, 2.24) is 10.9 Å². The Morgan fingerprint density at radius 2 is 1.52 bits per heavy atom. The normalized spacial score (nSPS) is 10.2. The zero-order valence-electron chi connectivity index (χ0n) is 13.2. The van der Waals surface area contributed by atoms with Crippen molar-refractivity contribution < 1.29 is 14.3 Å². The standard InChI is InChI=1S/C18H20N2O3/c1-13(2)12-23-16-11-7-6-10-15(16)18(22)20-19-17(21)14-8-4-3-5-9-14/h3-11,13H,12H2,1-2H3,(H,19,21)(H,20,22). The summed E-state index contributed by atoms with van der Waals surface area (Å²) in [5.41, 5.74) is 5.65. The third kappa shape index (κ3) is 4.85. The zero-order chi connectivity index (χ0) is 16.7. The summed E-state index contributed by atoms with van der Waals surface area (Å²) >= 11 is 0. The predicted molar refractivity (Wildman–Crippen MR) is 88.1 cm³/mol. The first-order valence-electron chi connectivity index (χ1n) is 7.45. The van der Waals surface area contributed by atoms with Crippen molar-refractivity contribution in [3.63, 3.8) is 0 Å². The van der Waals surface area contributed by atoms with E-state index in [1.807, 2.05) is 19.9 Å². The molecule has 0 saturated carbocycles. The van der Waals surface area contributed by atoms with Gasteiger partial charge in [0, 0.05) is 5.56 Å². The maximum absolute atomic E-state index is 12.2. The van der Waals surface area contributed by atoms with Gasteiger partial charge >= 0.3 is 0 Å². The number of carbonyl (C=O) groups is 2. The fraction of sp³-hybridized carbons (Fsp3) is 0.222. The fourth-order valence-corrected chi connectivity index (χ4v) is 1.88. The minimum atomic E-state index is -0.423. The first-order chi connectivity index (χ1) is 11.1. The summed E-state index contributed by atoms with van der Waals surface area (Å²) in [6.45, 7) is 4.58. The molecular formula is C18H20N2O3. The molecule has 0 aliphatic carbocycles. The van der Waals surface area contributed by atoms with Crippen LogP contribution in [0.2, 0.25) is 0 Å². The second-order valence-corrected chi connectivity index (χ2v) is 5.48. The molecule has 2 aromatic rings. The van der Waals surface area contributed by atoms with Crippen molar-refractivity contribution in [3.05, 3.63) is 65.7 Å². The number of amides is 2. The van der Waals surface area contributed by atoms with Gasteiger partial charge in [-0.1, -0.05) is 44.2 Å². The van der Waals surface area contributed by atoms with Crippen LogP contribution in [0.15, 0.2) is 54.6 Å². The van der Waals surface area contributed by atoms with Crippen LogP contribution in [-0.2, 0) is 0 Å². The molecule has 120 valence electrons. The van der Waals surface area contributed by atoms with Gasteiger partial charge in [0.15, 0.2) is 0 Å². The highest BCUT2D eigenvalue weighted by atomic mass is 16.5. The third-order valence-corrected chi connectivity index (χ3v) is 3.03. The van der Waals surface area contributed by atoms with Crippen LogP contribution < -0.4 is 15.6 Å². The molecule has 0 aliphatic rings. The number of hydrazine groups is 1. The van der Waals surface area contributed by atoms with E-state index >= 15 is 0 Å². The zero-order valence-corrected chi connectivity index (χ0v) is 13.2. The second-order valence-electron chi connectivity index (χ2n) is 5.48. The van der Waals surface area contributed by atoms with Gasteiger partial charge in [-0.3, -0.25) is 20.4 Å². The van der Waals surface area contributed by atoms with Crippen molar-refractivity contribution >= 4 is 11.8 Å². The lowest BCUT2D eigenvalue weighted by atomic mass is 10.2. The van der Waals surface area contributed by atoms with Crippen molar-refractivity contribution in [2.45, 2.75) is 13.8 Å². The smallest absolute Gasteiger partial charge is 0.273 e. The van der Waals surface area contributed by atoms with Crippen LogP contribution in [0.25, 0.3) is 0 Å². The van der Waals surface area contributed by atoms with Crippen LogP contribution in [-0.4, -0.2) is 18.4 Å². The highest BCUT2D eigenvalue weighted by molar-refractivity contribution is 6.00. The SMILES string of the molecule is CC(C)COc1ccccc1C(=O)NNC(=O)c1ccccc1. The molecule has 23 heavy (non-hydrogen) atoms. The van der Waals surface area contributed by atoms with Crippen LogP contribution in [0.4, 0.5) is 0 Å². The number of nitrogens with one attached hydrogen (secondary N) is 2. The summed E-state index contributed by atoms with van der Waals surface area (Å²) in [6.07, 6.45) is 0. The third-order valence-electron chi connectivity index (χ3n) is 3.03. The predicted octanol–water partition coefficient (Wildman–Crippen LogP) is 2.80. The van der Waals surface area contributed by atoms with Crippen LogP contribution >= 0.6 is 0 Å². The molecule has 0 saturated heterocycles. The summed E-state index contributed by atoms with van der Waals surface area (Å²) in [6, 6.07) is 15.6. The molecule has 0 heterocycles. The summed E-state index contributed by atoms with van der Waals surface area (Å²) in [5, 5.41) is 0. The summed E-state index contributed by atoms with van der Waals surface area (Å²) in [7, 11) is 0. The highest BCUT2D eigenvalue weighted by Gasteiger charge is 2.13. The Bertz CT molecular complexity index is 669. The van der Waals surface area contributed by atoms with E-state index in [0.717, 1.165) is 0 Å². The second kappa shape index (κ2) is 7.98. The van der Waals surface area contributed by atoms with E-state index < -0.39 is 5.91 Å². The molecule has 0 fully saturated rings. The molecule has 2 amide bonds. The summed E-state index contributed by atoms with van der Waals surface area (Å²) in [5.74, 6) is 0.0460. The van der Waals surface area contributed by atoms with E-state index in [1.54, 1.807) is 48.5 Å². The van der Waals surface area contributed by atoms with Gasteiger partial charge < -0.3 is 4.74 Å². The lowest BCUT2D eigenvalue weighted by Crippen LogP contribution is -2.41. The minimum absolute atomic E-state index is 0.351. The minimum Gasteiger partial charge on any atom is -0.492 e. The van der Waals surface area contributed by atoms with E-state index in [9.17, 15) is 9.59 Å². The van der Waals surface area contributed by atoms with Crippen LogP contribution in [0.3, 0.4) is 0 Å². The summed E-state index contributed by atoms with van der Waals surface area (Å²) in [4.78, 5) is 24.2. The molecule has 0 unspecified atom stereocenters. The van der Waals surface area contributed by atoms with Crippen LogP contribution in [0, 0.1) is 5.92 Å². The van der Waals surface area contributed by atoms with Gasteiger partial charge in [0.05, 0.1) is 12.2 Å². The molecule has 0 aliphatic heterocycles. The van der Waals surface area contributed by atoms with E-state index in [1.165, 1.54) is 0 Å². The average molecular weight is 312 g/mol. The van der Waals surface area contributed by atoms with Gasteiger partial charge in [0.25, 0.3) is 11.8 Å². The molecule has 5 nitrogen and oxygen atoms in total. The van der Waals surface area contributed by atoms with Gasteiger partial charge in [0.2, 0.25) is 0 Å². The van der Waals surface area contributed by atoms with Gasteiger partial charge in [-0.2, -0.15) is 0 Å². The molecular weight excluding hydrogens is 292 g/mol. The molecule has 5 heteroatoms. The maximum Gasteiger partial charge on any atom is 0.273 e. The topological polar surface area (TPSA) is 67.4 Å². The van der Waals surface area contributed by atoms with Crippen molar-refractivity contribution in [1.29, 1.82) is 0 Å². The number of rotatable bonds is 5. The van der Waals surface area contributed by atoms with Crippen molar-refractivity contribution in [3.8, 4) is 5.75 Å². The van der Waals surface area contributed by atoms with Crippen LogP contribution in [0.5, 0.6) is 5.75 Å². The first kappa shape index (κ1) is 16.5. The molecule has 0 atom stereocenters. The Morgan fingerprint density at radius 3 is 2.22 bits per heavy atom.